The number of carbonyl (C=O) groups is 3. The van der Waals surface area contributed by atoms with Gasteiger partial charge in [-0.3, -0.25) is 29.4 Å². The van der Waals surface area contributed by atoms with Gasteiger partial charge in [0.2, 0.25) is 17.8 Å². The van der Waals surface area contributed by atoms with E-state index in [9.17, 15) is 19.2 Å². The number of imide groups is 1. The van der Waals surface area contributed by atoms with Gasteiger partial charge in [-0.15, -0.1) is 6.58 Å². The van der Waals surface area contributed by atoms with E-state index in [1.54, 1.807) is 26.5 Å². The molecule has 15 heteroatoms. The Bertz CT molecular complexity index is 2590. The van der Waals surface area contributed by atoms with E-state index in [-0.39, 0.29) is 29.7 Å². The second-order valence-electron chi connectivity index (χ2n) is 16.7. The van der Waals surface area contributed by atoms with Gasteiger partial charge in [0.15, 0.2) is 11.5 Å². The van der Waals surface area contributed by atoms with E-state index < -0.39 is 6.04 Å². The maximum atomic E-state index is 13.5. The van der Waals surface area contributed by atoms with Gasteiger partial charge in [0.05, 0.1) is 6.54 Å². The van der Waals surface area contributed by atoms with Gasteiger partial charge in [-0.05, 0) is 85.3 Å². The topological polar surface area (TPSA) is 154 Å². The number of anilines is 4. The average molecular weight is 838 g/mol. The first-order valence-electron chi connectivity index (χ1n) is 22.2. The van der Waals surface area contributed by atoms with Gasteiger partial charge < -0.3 is 20.0 Å². The Morgan fingerprint density at radius 3 is 2.39 bits per heavy atom. The van der Waals surface area contributed by atoms with Gasteiger partial charge in [0, 0.05) is 105 Å². The molecular weight excluding hydrogens is 783 g/mol. The molecule has 3 amide bonds. The predicted octanol–water partition coefficient (Wildman–Crippen LogP) is 5.39. The number of aromatic nitrogens is 5. The molecule has 3 saturated heterocycles. The van der Waals surface area contributed by atoms with Gasteiger partial charge in [-0.2, -0.15) is 4.98 Å². The summed E-state index contributed by atoms with van der Waals surface area (Å²) in [6, 6.07) is 17.9. The zero-order valence-electron chi connectivity index (χ0n) is 35.8. The van der Waals surface area contributed by atoms with Crippen molar-refractivity contribution < 1.29 is 14.4 Å². The third-order valence-corrected chi connectivity index (χ3v) is 13.0. The summed E-state index contributed by atoms with van der Waals surface area (Å²) in [5.74, 6) is 1.27. The Morgan fingerprint density at radius 1 is 0.871 bits per heavy atom. The first-order valence-corrected chi connectivity index (χ1v) is 22.2. The quantitative estimate of drug-likeness (QED) is 0.130. The molecule has 3 aromatic heterocycles. The molecule has 5 aromatic rings. The zero-order chi connectivity index (χ0) is 43.1. The lowest BCUT2D eigenvalue weighted by Gasteiger charge is -2.45. The zero-order valence-corrected chi connectivity index (χ0v) is 35.8. The SMILES string of the molecule is C=CCn1c(=O)c2cnc(Nc3ccc(N4CCN(CC5CN(c6ccc7c(c6)CN(C6CCC(=O)NC6=O)C7=O)C5)CC4)cc3)nc2n1-c1ccc2c(n1)C(CC)CC2.CC. The Labute approximate surface area is 361 Å². The molecule has 2 unspecified atom stereocenters. The number of nitrogens with one attached hydrogen (secondary N) is 2. The molecule has 10 rings (SSSR count). The van der Waals surface area contributed by atoms with Gasteiger partial charge in [0.25, 0.3) is 11.5 Å². The lowest BCUT2D eigenvalue weighted by Crippen LogP contribution is -2.55. The Morgan fingerprint density at radius 2 is 1.65 bits per heavy atom. The van der Waals surface area contributed by atoms with E-state index in [1.807, 2.05) is 44.2 Å². The summed E-state index contributed by atoms with van der Waals surface area (Å²) in [6.45, 7) is 17.7. The Balaban J connectivity index is 0.00000242. The lowest BCUT2D eigenvalue weighted by atomic mass is 9.97. The maximum absolute atomic E-state index is 13.5. The second-order valence-corrected chi connectivity index (χ2v) is 16.7. The van der Waals surface area contributed by atoms with Crippen molar-refractivity contribution in [3.8, 4) is 5.82 Å². The number of aryl methyl sites for hydroxylation is 1. The number of carbonyl (C=O) groups excluding carboxylic acids is 3. The molecule has 0 bridgehead atoms. The molecule has 2 N–H and O–H groups in total. The third kappa shape index (κ3) is 7.63. The molecular formula is C47H55N11O4. The summed E-state index contributed by atoms with van der Waals surface area (Å²) in [7, 11) is 0. The van der Waals surface area contributed by atoms with Gasteiger partial charge >= 0.3 is 0 Å². The number of fused-ring (bicyclic) bond motifs is 3. The van der Waals surface area contributed by atoms with Crippen molar-refractivity contribution in [3.05, 3.63) is 106 Å². The van der Waals surface area contributed by atoms with E-state index >= 15 is 0 Å². The fourth-order valence-electron chi connectivity index (χ4n) is 9.74. The van der Waals surface area contributed by atoms with Crippen LogP contribution in [0.2, 0.25) is 0 Å². The predicted molar refractivity (Wildman–Crippen MR) is 240 cm³/mol. The fourth-order valence-corrected chi connectivity index (χ4v) is 9.74. The molecule has 0 radical (unpaired) electrons. The summed E-state index contributed by atoms with van der Waals surface area (Å²) in [5.41, 5.74) is 7.44. The van der Waals surface area contributed by atoms with Gasteiger partial charge in [-0.25, -0.2) is 19.3 Å². The van der Waals surface area contributed by atoms with Crippen molar-refractivity contribution in [2.45, 2.75) is 77.9 Å². The molecule has 0 spiro atoms. The Kier molecular flexibility index (Phi) is 11.4. The molecule has 0 saturated carbocycles. The largest absolute Gasteiger partial charge is 0.371 e. The highest BCUT2D eigenvalue weighted by atomic mass is 16.2. The number of hydrogen-bond donors (Lipinski definition) is 2. The van der Waals surface area contributed by atoms with Crippen LogP contribution in [0, 0.1) is 5.92 Å². The molecule has 322 valence electrons. The van der Waals surface area contributed by atoms with E-state index in [0.29, 0.717) is 59.7 Å². The molecule has 2 atom stereocenters. The number of piperazine rings is 1. The number of hydrogen-bond acceptors (Lipinski definition) is 11. The fraction of sp³-hybridized carbons (Fsp3) is 0.426. The van der Waals surface area contributed by atoms with Crippen molar-refractivity contribution in [2.24, 2.45) is 5.92 Å². The summed E-state index contributed by atoms with van der Waals surface area (Å²) in [6.07, 6.45) is 7.08. The highest BCUT2D eigenvalue weighted by Crippen LogP contribution is 2.36. The standard InChI is InChI=1S/C45H49N11O4.C2H6/c1-3-17-55-44(60)36-23-46-45(50-41(36)56(55)38-15-7-30-6-5-29(4-2)40(30)48-38)47-32-8-10-33(11-9-32)52-20-18-51(19-21-52)24-28-25-53(26-28)34-12-13-35-31(22-34)27-54(43(35)59)37-14-16-39(57)49-42(37)58;1-2/h3,7-13,15,22-23,28-29,37H,1,4-6,14,16-21,24-27H2,2H3,(H,46,47,50)(H,49,57,58);1-2H3. The number of nitrogens with zero attached hydrogens (tertiary/aromatic N) is 9. The van der Waals surface area contributed by atoms with Crippen molar-refractivity contribution >= 4 is 51.8 Å². The molecule has 1 aliphatic carbocycles. The minimum atomic E-state index is -0.600. The first-order chi connectivity index (χ1) is 30.2. The van der Waals surface area contributed by atoms with Crippen LogP contribution >= 0.6 is 0 Å². The van der Waals surface area contributed by atoms with Crippen molar-refractivity contribution in [1.82, 2.24) is 39.4 Å². The summed E-state index contributed by atoms with van der Waals surface area (Å²) in [5, 5.41) is 6.16. The van der Waals surface area contributed by atoms with Gasteiger partial charge in [0.1, 0.15) is 11.4 Å². The first kappa shape index (κ1) is 41.0. The summed E-state index contributed by atoms with van der Waals surface area (Å²) in [4.78, 5) is 74.1. The number of pyridine rings is 1. The van der Waals surface area contributed by atoms with Crippen LogP contribution in [0.15, 0.2) is 78.2 Å². The third-order valence-electron chi connectivity index (χ3n) is 13.0. The highest BCUT2D eigenvalue weighted by molar-refractivity contribution is 6.05. The van der Waals surface area contributed by atoms with E-state index in [4.69, 9.17) is 9.97 Å². The van der Waals surface area contributed by atoms with Crippen LogP contribution in [0.25, 0.3) is 16.9 Å². The van der Waals surface area contributed by atoms with Crippen molar-refractivity contribution in [2.75, 3.05) is 60.9 Å². The Hall–Kier alpha value is -6.35. The van der Waals surface area contributed by atoms with Crippen LogP contribution in [-0.2, 0) is 29.1 Å². The van der Waals surface area contributed by atoms with E-state index in [0.717, 1.165) is 87.7 Å². The minimum absolute atomic E-state index is 0.138. The maximum Gasteiger partial charge on any atom is 0.278 e. The number of amides is 3. The van der Waals surface area contributed by atoms with Crippen LogP contribution < -0.4 is 26.0 Å². The normalized spacial score (nSPS) is 20.1. The summed E-state index contributed by atoms with van der Waals surface area (Å²) >= 11 is 0. The molecule has 7 heterocycles. The molecule has 15 nitrogen and oxygen atoms in total. The molecule has 2 aromatic carbocycles. The van der Waals surface area contributed by atoms with Crippen molar-refractivity contribution in [1.29, 1.82) is 0 Å². The smallest absolute Gasteiger partial charge is 0.278 e. The molecule has 5 aliphatic rings. The van der Waals surface area contributed by atoms with Crippen LogP contribution in [0.5, 0.6) is 0 Å². The highest BCUT2D eigenvalue weighted by Gasteiger charge is 2.40. The molecule has 4 aliphatic heterocycles. The molecule has 62 heavy (non-hydrogen) atoms. The van der Waals surface area contributed by atoms with Crippen molar-refractivity contribution in [3.63, 3.8) is 0 Å². The van der Waals surface area contributed by atoms with Crippen LogP contribution in [-0.4, -0.2) is 104 Å². The van der Waals surface area contributed by atoms with Crippen LogP contribution in [0.3, 0.4) is 0 Å². The van der Waals surface area contributed by atoms with Gasteiger partial charge in [-0.1, -0.05) is 32.9 Å². The average Bonchev–Trinajstić information content (AvgIpc) is 3.93. The van der Waals surface area contributed by atoms with Crippen LogP contribution in [0.1, 0.15) is 79.6 Å². The monoisotopic (exact) mass is 837 g/mol. The van der Waals surface area contributed by atoms with E-state index in [1.165, 1.54) is 11.3 Å². The molecule has 3 fully saturated rings. The summed E-state index contributed by atoms with van der Waals surface area (Å²) < 4.78 is 3.43. The van der Waals surface area contributed by atoms with Crippen LogP contribution in [0.4, 0.5) is 23.0 Å². The number of rotatable bonds is 11. The second kappa shape index (κ2) is 17.2. The number of piperidine rings is 1. The number of benzene rings is 2. The minimum Gasteiger partial charge on any atom is -0.371 e. The lowest BCUT2D eigenvalue weighted by molar-refractivity contribution is -0.136. The number of allylic oxidation sites excluding steroid dienone is 1. The van der Waals surface area contributed by atoms with E-state index in [2.05, 4.69) is 68.1 Å².